The summed E-state index contributed by atoms with van der Waals surface area (Å²) in [5, 5.41) is 0. The van der Waals surface area contributed by atoms with Crippen LogP contribution in [0.2, 0.25) is 0 Å². The summed E-state index contributed by atoms with van der Waals surface area (Å²) in [6.07, 6.45) is 3.13. The number of nitrogens with zero attached hydrogens (tertiary/aromatic N) is 1. The van der Waals surface area contributed by atoms with Gasteiger partial charge in [0.25, 0.3) is 0 Å². The lowest BCUT2D eigenvalue weighted by Gasteiger charge is -2.18. The Morgan fingerprint density at radius 3 is 2.86 bits per heavy atom. The van der Waals surface area contributed by atoms with Crippen molar-refractivity contribution in [3.05, 3.63) is 11.9 Å². The maximum Gasteiger partial charge on any atom is 0.182 e. The number of hydrogen-bond acceptors (Lipinski definition) is 2. The molecule has 0 saturated carbocycles. The third-order valence-electron chi connectivity index (χ3n) is 2.81. The molecule has 1 aromatic rings. The van der Waals surface area contributed by atoms with Crippen molar-refractivity contribution in [1.82, 2.24) is 4.57 Å². The van der Waals surface area contributed by atoms with E-state index in [4.69, 9.17) is 9.47 Å². The topological polar surface area (TPSA) is 23.4 Å². The molecule has 0 aliphatic carbocycles. The van der Waals surface area contributed by atoms with Crippen molar-refractivity contribution in [2.75, 3.05) is 13.2 Å². The summed E-state index contributed by atoms with van der Waals surface area (Å²) in [5.41, 5.74) is 1.25. The molecule has 0 amide bonds. The molecular weight excluding hydrogens is 178 g/mol. The zero-order chi connectivity index (χ0) is 10.1. The van der Waals surface area contributed by atoms with Gasteiger partial charge in [-0.25, -0.2) is 0 Å². The first-order chi connectivity index (χ1) is 6.74. The SMILES string of the molecule is CCC(C)c1c2c(cn1C)OCCO2. The second kappa shape index (κ2) is 3.56. The van der Waals surface area contributed by atoms with E-state index < -0.39 is 0 Å². The molecule has 3 heteroatoms. The van der Waals surface area contributed by atoms with E-state index in [9.17, 15) is 0 Å². The van der Waals surface area contributed by atoms with Crippen molar-refractivity contribution in [2.45, 2.75) is 26.2 Å². The normalized spacial score (nSPS) is 16.8. The molecule has 1 unspecified atom stereocenters. The second-order valence-corrected chi connectivity index (χ2v) is 3.82. The first kappa shape index (κ1) is 9.44. The monoisotopic (exact) mass is 195 g/mol. The minimum absolute atomic E-state index is 0.519. The Morgan fingerprint density at radius 1 is 1.43 bits per heavy atom. The summed E-state index contributed by atoms with van der Waals surface area (Å²) in [5.74, 6) is 2.37. The van der Waals surface area contributed by atoms with E-state index in [0.717, 1.165) is 17.9 Å². The molecule has 1 aromatic heterocycles. The highest BCUT2D eigenvalue weighted by atomic mass is 16.6. The third-order valence-corrected chi connectivity index (χ3v) is 2.81. The average Bonchev–Trinajstić information content (AvgIpc) is 2.53. The summed E-state index contributed by atoms with van der Waals surface area (Å²) in [4.78, 5) is 0. The lowest BCUT2D eigenvalue weighted by Crippen LogP contribution is -2.15. The van der Waals surface area contributed by atoms with Crippen LogP contribution in [0.1, 0.15) is 31.9 Å². The van der Waals surface area contributed by atoms with Crippen LogP contribution in [0.5, 0.6) is 11.5 Å². The van der Waals surface area contributed by atoms with E-state index in [1.165, 1.54) is 5.69 Å². The van der Waals surface area contributed by atoms with Gasteiger partial charge in [0.05, 0.1) is 5.69 Å². The lowest BCUT2D eigenvalue weighted by molar-refractivity contribution is 0.171. The number of ether oxygens (including phenoxy) is 2. The number of aryl methyl sites for hydroxylation is 1. The summed E-state index contributed by atoms with van der Waals surface area (Å²) < 4.78 is 13.3. The number of fused-ring (bicyclic) bond motifs is 1. The largest absolute Gasteiger partial charge is 0.485 e. The van der Waals surface area contributed by atoms with E-state index in [0.29, 0.717) is 19.1 Å². The van der Waals surface area contributed by atoms with Crippen LogP contribution in [0, 0.1) is 0 Å². The van der Waals surface area contributed by atoms with Crippen molar-refractivity contribution in [1.29, 1.82) is 0 Å². The van der Waals surface area contributed by atoms with Gasteiger partial charge in [0.15, 0.2) is 11.5 Å². The zero-order valence-electron chi connectivity index (χ0n) is 9.04. The van der Waals surface area contributed by atoms with Crippen molar-refractivity contribution in [3.63, 3.8) is 0 Å². The molecule has 1 aliphatic rings. The van der Waals surface area contributed by atoms with Gasteiger partial charge in [0.2, 0.25) is 0 Å². The molecule has 0 radical (unpaired) electrons. The van der Waals surface area contributed by atoms with Crippen LogP contribution < -0.4 is 9.47 Å². The molecule has 0 bridgehead atoms. The smallest absolute Gasteiger partial charge is 0.182 e. The molecule has 0 aromatic carbocycles. The van der Waals surface area contributed by atoms with Crippen molar-refractivity contribution < 1.29 is 9.47 Å². The van der Waals surface area contributed by atoms with Crippen LogP contribution in [-0.4, -0.2) is 17.8 Å². The van der Waals surface area contributed by atoms with Gasteiger partial charge in [-0.2, -0.15) is 0 Å². The molecular formula is C11H17NO2. The molecule has 3 nitrogen and oxygen atoms in total. The summed E-state index contributed by atoms with van der Waals surface area (Å²) in [7, 11) is 2.05. The molecule has 2 rings (SSSR count). The van der Waals surface area contributed by atoms with Crippen LogP contribution in [-0.2, 0) is 7.05 Å². The Morgan fingerprint density at radius 2 is 2.14 bits per heavy atom. The lowest BCUT2D eigenvalue weighted by atomic mass is 10.0. The van der Waals surface area contributed by atoms with Crippen LogP contribution >= 0.6 is 0 Å². The van der Waals surface area contributed by atoms with Crippen molar-refractivity contribution in [3.8, 4) is 11.5 Å². The predicted octanol–water partition coefficient (Wildman–Crippen LogP) is 2.31. The van der Waals surface area contributed by atoms with Gasteiger partial charge < -0.3 is 14.0 Å². The standard InChI is InChI=1S/C11H17NO2/c1-4-8(2)10-11-9(7-12(10)3)13-5-6-14-11/h7-8H,4-6H2,1-3H3. The summed E-state index contributed by atoms with van der Waals surface area (Å²) >= 11 is 0. The minimum Gasteiger partial charge on any atom is -0.485 e. The fourth-order valence-corrected chi connectivity index (χ4v) is 1.90. The highest BCUT2D eigenvalue weighted by Gasteiger charge is 2.23. The Hall–Kier alpha value is -1.12. The first-order valence-electron chi connectivity index (χ1n) is 5.18. The minimum atomic E-state index is 0.519. The Balaban J connectivity index is 2.42. The molecule has 0 N–H and O–H groups in total. The maximum absolute atomic E-state index is 5.65. The number of hydrogen-bond donors (Lipinski definition) is 0. The Bertz CT molecular complexity index is 330. The highest BCUT2D eigenvalue weighted by Crippen LogP contribution is 2.39. The molecule has 1 aliphatic heterocycles. The van der Waals surface area contributed by atoms with Gasteiger partial charge in [-0.3, -0.25) is 0 Å². The van der Waals surface area contributed by atoms with Gasteiger partial charge in [-0.05, 0) is 12.3 Å². The molecule has 0 saturated heterocycles. The molecule has 1 atom stereocenters. The summed E-state index contributed by atoms with van der Waals surface area (Å²) in [6, 6.07) is 0. The van der Waals surface area contributed by atoms with E-state index in [-0.39, 0.29) is 0 Å². The van der Waals surface area contributed by atoms with E-state index in [1.807, 2.05) is 13.2 Å². The average molecular weight is 195 g/mol. The van der Waals surface area contributed by atoms with E-state index >= 15 is 0 Å². The van der Waals surface area contributed by atoms with E-state index in [1.54, 1.807) is 0 Å². The summed E-state index contributed by atoms with van der Waals surface area (Å²) in [6.45, 7) is 5.73. The quantitative estimate of drug-likeness (QED) is 0.723. The molecule has 78 valence electrons. The Labute approximate surface area is 84.6 Å². The van der Waals surface area contributed by atoms with Gasteiger partial charge in [0, 0.05) is 13.2 Å². The van der Waals surface area contributed by atoms with Gasteiger partial charge in [-0.15, -0.1) is 0 Å². The molecule has 2 heterocycles. The zero-order valence-corrected chi connectivity index (χ0v) is 9.04. The predicted molar refractivity (Wildman–Crippen MR) is 55.1 cm³/mol. The number of aromatic nitrogens is 1. The molecule has 14 heavy (non-hydrogen) atoms. The first-order valence-corrected chi connectivity index (χ1v) is 5.18. The number of rotatable bonds is 2. The second-order valence-electron chi connectivity index (χ2n) is 3.82. The molecule has 0 fully saturated rings. The van der Waals surface area contributed by atoms with Crippen molar-refractivity contribution >= 4 is 0 Å². The van der Waals surface area contributed by atoms with Crippen LogP contribution in [0.15, 0.2) is 6.20 Å². The van der Waals surface area contributed by atoms with Crippen LogP contribution in [0.25, 0.3) is 0 Å². The Kier molecular flexibility index (Phi) is 2.40. The third kappa shape index (κ3) is 1.37. The van der Waals surface area contributed by atoms with Crippen molar-refractivity contribution in [2.24, 2.45) is 7.05 Å². The molecule has 0 spiro atoms. The van der Waals surface area contributed by atoms with E-state index in [2.05, 4.69) is 18.4 Å². The van der Waals surface area contributed by atoms with Crippen LogP contribution in [0.4, 0.5) is 0 Å². The van der Waals surface area contributed by atoms with Crippen LogP contribution in [0.3, 0.4) is 0 Å². The maximum atomic E-state index is 5.65. The fraction of sp³-hybridized carbons (Fsp3) is 0.636. The van der Waals surface area contributed by atoms with Gasteiger partial charge in [0.1, 0.15) is 13.2 Å². The fourth-order valence-electron chi connectivity index (χ4n) is 1.90. The van der Waals surface area contributed by atoms with Gasteiger partial charge in [-0.1, -0.05) is 13.8 Å². The van der Waals surface area contributed by atoms with Gasteiger partial charge >= 0.3 is 0 Å². The highest BCUT2D eigenvalue weighted by molar-refractivity contribution is 5.47.